The minimum Gasteiger partial charge on any atom is -0.489 e. The topological polar surface area (TPSA) is 93.7 Å². The summed E-state index contributed by atoms with van der Waals surface area (Å²) in [6, 6.07) is 16.3. The summed E-state index contributed by atoms with van der Waals surface area (Å²) < 4.78 is 10.2. The molecular weight excluding hydrogens is 348 g/mol. The van der Waals surface area contributed by atoms with E-state index in [1.165, 1.54) is 7.11 Å². The number of hydrogen-bond donors (Lipinski definition) is 2. The van der Waals surface area contributed by atoms with Crippen molar-refractivity contribution in [1.82, 2.24) is 10.6 Å². The first kappa shape index (κ1) is 20.0. The molecule has 0 radical (unpaired) electrons. The maximum atomic E-state index is 12.1. The van der Waals surface area contributed by atoms with Crippen molar-refractivity contribution in [3.05, 3.63) is 65.7 Å². The fraction of sp³-hybridized carbons (Fsp3) is 0.250. The van der Waals surface area contributed by atoms with E-state index >= 15 is 0 Å². The number of amides is 2. The first-order valence-electron chi connectivity index (χ1n) is 8.42. The summed E-state index contributed by atoms with van der Waals surface area (Å²) >= 11 is 0. The highest BCUT2D eigenvalue weighted by Gasteiger charge is 2.19. The highest BCUT2D eigenvalue weighted by molar-refractivity contribution is 5.87. The molecule has 1 unspecified atom stereocenters. The van der Waals surface area contributed by atoms with Gasteiger partial charge in [0.15, 0.2) is 0 Å². The number of hydrogen-bond acceptors (Lipinski definition) is 5. The van der Waals surface area contributed by atoms with E-state index in [0.29, 0.717) is 18.8 Å². The fourth-order valence-electron chi connectivity index (χ4n) is 2.36. The van der Waals surface area contributed by atoms with Gasteiger partial charge in [0.05, 0.1) is 7.11 Å². The predicted octanol–water partition coefficient (Wildman–Crippen LogP) is 1.21. The summed E-state index contributed by atoms with van der Waals surface area (Å²) in [5.74, 6) is -0.317. The van der Waals surface area contributed by atoms with Gasteiger partial charge in [0, 0.05) is 6.42 Å². The molecule has 0 saturated carbocycles. The van der Waals surface area contributed by atoms with E-state index in [1.54, 1.807) is 0 Å². The normalized spacial score (nSPS) is 11.1. The highest BCUT2D eigenvalue weighted by atomic mass is 16.5. The lowest BCUT2D eigenvalue weighted by molar-refractivity contribution is -0.141. The number of carbonyl (C=O) groups excluding carboxylic acids is 3. The molecule has 0 fully saturated rings. The van der Waals surface area contributed by atoms with Gasteiger partial charge in [0.1, 0.15) is 24.9 Å². The Morgan fingerprint density at radius 1 is 1.04 bits per heavy atom. The SMILES string of the molecule is COC(=O)CNC(=O)C(Cc1ccc(OCc2ccccc2)cc1)NC=O. The van der Waals surface area contributed by atoms with Crippen molar-refractivity contribution in [3.63, 3.8) is 0 Å². The van der Waals surface area contributed by atoms with Gasteiger partial charge in [0.25, 0.3) is 0 Å². The van der Waals surface area contributed by atoms with Gasteiger partial charge in [-0.2, -0.15) is 0 Å². The maximum absolute atomic E-state index is 12.1. The average molecular weight is 370 g/mol. The minimum absolute atomic E-state index is 0.251. The standard InChI is InChI=1S/C20H22N2O5/c1-26-19(24)12-21-20(25)18(22-14-23)11-15-7-9-17(10-8-15)27-13-16-5-3-2-4-6-16/h2-10,14,18H,11-13H2,1H3,(H,21,25)(H,22,23). The first-order valence-corrected chi connectivity index (χ1v) is 8.42. The van der Waals surface area contributed by atoms with Crippen molar-refractivity contribution >= 4 is 18.3 Å². The van der Waals surface area contributed by atoms with Crippen molar-refractivity contribution in [3.8, 4) is 5.75 Å². The van der Waals surface area contributed by atoms with Crippen molar-refractivity contribution in [2.45, 2.75) is 19.1 Å². The second-order valence-corrected chi connectivity index (χ2v) is 5.75. The van der Waals surface area contributed by atoms with Crippen LogP contribution in [-0.4, -0.2) is 38.0 Å². The predicted molar refractivity (Wildman–Crippen MR) is 98.9 cm³/mol. The number of carbonyl (C=O) groups is 3. The molecule has 0 aliphatic rings. The van der Waals surface area contributed by atoms with Gasteiger partial charge in [0.2, 0.25) is 12.3 Å². The van der Waals surface area contributed by atoms with Crippen LogP contribution in [0, 0.1) is 0 Å². The summed E-state index contributed by atoms with van der Waals surface area (Å²) in [5, 5.41) is 4.89. The monoisotopic (exact) mass is 370 g/mol. The molecule has 0 spiro atoms. The molecule has 0 aliphatic heterocycles. The maximum Gasteiger partial charge on any atom is 0.325 e. The molecule has 0 saturated heterocycles. The third-order valence-electron chi connectivity index (χ3n) is 3.83. The van der Waals surface area contributed by atoms with Crippen molar-refractivity contribution < 1.29 is 23.9 Å². The van der Waals surface area contributed by atoms with Crippen LogP contribution in [-0.2, 0) is 32.1 Å². The molecule has 0 aromatic heterocycles. The summed E-state index contributed by atoms with van der Waals surface area (Å²) in [5.41, 5.74) is 1.91. The Hall–Kier alpha value is -3.35. The van der Waals surface area contributed by atoms with E-state index < -0.39 is 17.9 Å². The zero-order chi connectivity index (χ0) is 19.5. The number of methoxy groups -OCH3 is 1. The van der Waals surface area contributed by atoms with Gasteiger partial charge in [-0.3, -0.25) is 14.4 Å². The van der Waals surface area contributed by atoms with E-state index in [0.717, 1.165) is 11.1 Å². The molecule has 2 amide bonds. The van der Waals surface area contributed by atoms with Crippen molar-refractivity contribution in [2.24, 2.45) is 0 Å². The van der Waals surface area contributed by atoms with Crippen LogP contribution < -0.4 is 15.4 Å². The summed E-state index contributed by atoms with van der Waals surface area (Å²) in [7, 11) is 1.23. The Morgan fingerprint density at radius 2 is 1.74 bits per heavy atom. The van der Waals surface area contributed by atoms with E-state index in [4.69, 9.17) is 4.74 Å². The number of ether oxygens (including phenoxy) is 2. The van der Waals surface area contributed by atoms with Crippen LogP contribution in [0.15, 0.2) is 54.6 Å². The Kier molecular flexibility index (Phi) is 7.84. The molecule has 1 atom stereocenters. The number of benzene rings is 2. The van der Waals surface area contributed by atoms with Crippen LogP contribution in [0.3, 0.4) is 0 Å². The molecule has 0 heterocycles. The van der Waals surface area contributed by atoms with E-state index in [-0.39, 0.29) is 13.0 Å². The van der Waals surface area contributed by atoms with E-state index in [9.17, 15) is 14.4 Å². The second-order valence-electron chi connectivity index (χ2n) is 5.75. The largest absolute Gasteiger partial charge is 0.489 e. The molecule has 2 aromatic rings. The van der Waals surface area contributed by atoms with Crippen LogP contribution in [0.4, 0.5) is 0 Å². The van der Waals surface area contributed by atoms with Crippen LogP contribution in [0.2, 0.25) is 0 Å². The minimum atomic E-state index is -0.789. The molecule has 142 valence electrons. The van der Waals surface area contributed by atoms with E-state index in [1.807, 2.05) is 54.6 Å². The summed E-state index contributed by atoms with van der Waals surface area (Å²) in [6.07, 6.45) is 0.741. The molecule has 0 aliphatic carbocycles. The smallest absolute Gasteiger partial charge is 0.325 e. The lowest BCUT2D eigenvalue weighted by Crippen LogP contribution is -2.46. The summed E-state index contributed by atoms with van der Waals surface area (Å²) in [6.45, 7) is 0.212. The van der Waals surface area contributed by atoms with E-state index in [2.05, 4.69) is 15.4 Å². The van der Waals surface area contributed by atoms with Crippen molar-refractivity contribution in [2.75, 3.05) is 13.7 Å². The molecule has 0 bridgehead atoms. The van der Waals surface area contributed by atoms with Crippen molar-refractivity contribution in [1.29, 1.82) is 0 Å². The van der Waals surface area contributed by atoms with Gasteiger partial charge in [-0.1, -0.05) is 42.5 Å². The second kappa shape index (κ2) is 10.6. The van der Waals surface area contributed by atoms with Gasteiger partial charge < -0.3 is 20.1 Å². The lowest BCUT2D eigenvalue weighted by Gasteiger charge is -2.16. The Labute approximate surface area is 157 Å². The molecule has 2 N–H and O–H groups in total. The fourth-order valence-corrected chi connectivity index (χ4v) is 2.36. The molecule has 2 rings (SSSR count). The average Bonchev–Trinajstić information content (AvgIpc) is 2.71. The first-order chi connectivity index (χ1) is 13.1. The van der Waals surface area contributed by atoms with Gasteiger partial charge in [-0.25, -0.2) is 0 Å². The van der Waals surface area contributed by atoms with Gasteiger partial charge in [-0.05, 0) is 23.3 Å². The highest BCUT2D eigenvalue weighted by Crippen LogP contribution is 2.15. The Morgan fingerprint density at radius 3 is 2.37 bits per heavy atom. The molecular formula is C20H22N2O5. The van der Waals surface area contributed by atoms with Crippen LogP contribution in [0.25, 0.3) is 0 Å². The lowest BCUT2D eigenvalue weighted by atomic mass is 10.1. The zero-order valence-electron chi connectivity index (χ0n) is 15.0. The molecule has 27 heavy (non-hydrogen) atoms. The van der Waals surface area contributed by atoms with Crippen LogP contribution >= 0.6 is 0 Å². The quantitative estimate of drug-likeness (QED) is 0.484. The number of rotatable bonds is 10. The van der Waals surface area contributed by atoms with Crippen LogP contribution in [0.1, 0.15) is 11.1 Å². The zero-order valence-corrected chi connectivity index (χ0v) is 15.0. The van der Waals surface area contributed by atoms with Crippen LogP contribution in [0.5, 0.6) is 5.75 Å². The summed E-state index contributed by atoms with van der Waals surface area (Å²) in [4.78, 5) is 34.0. The third-order valence-corrected chi connectivity index (χ3v) is 3.83. The molecule has 7 heteroatoms. The third kappa shape index (κ3) is 6.81. The number of nitrogens with one attached hydrogen (secondary N) is 2. The van der Waals surface area contributed by atoms with Gasteiger partial charge >= 0.3 is 5.97 Å². The molecule has 7 nitrogen and oxygen atoms in total. The number of esters is 1. The van der Waals surface area contributed by atoms with Gasteiger partial charge in [-0.15, -0.1) is 0 Å². The Bertz CT molecular complexity index is 747. The molecule has 2 aromatic carbocycles. The Balaban J connectivity index is 1.90.